The zero-order valence-electron chi connectivity index (χ0n) is 11.9. The zero-order chi connectivity index (χ0) is 14.6. The molecule has 20 heavy (non-hydrogen) atoms. The third-order valence-corrected chi connectivity index (χ3v) is 4.78. The Labute approximate surface area is 118 Å². The largest absolute Gasteiger partial charge is 0.393 e. The minimum atomic E-state index is -4.17. The minimum absolute atomic E-state index is 0.178. The Balaban J connectivity index is 1.78. The summed E-state index contributed by atoms with van der Waals surface area (Å²) in [4.78, 5) is 0. The van der Waals surface area contributed by atoms with Gasteiger partial charge in [-0.1, -0.05) is 12.8 Å². The molecular formula is C15H25F3O2. The summed E-state index contributed by atoms with van der Waals surface area (Å²) in [5.41, 5.74) is 0. The highest BCUT2D eigenvalue weighted by atomic mass is 19.4. The fraction of sp³-hybridized carbons (Fsp3) is 1.00. The Morgan fingerprint density at radius 3 is 2.50 bits per heavy atom. The quantitative estimate of drug-likeness (QED) is 0.828. The number of halogens is 3. The molecule has 0 radical (unpaired) electrons. The first-order valence-corrected chi connectivity index (χ1v) is 7.85. The average Bonchev–Trinajstić information content (AvgIpc) is 2.91. The normalized spacial score (nSPS) is 33.3. The second-order valence-corrected chi connectivity index (χ2v) is 6.23. The van der Waals surface area contributed by atoms with Crippen molar-refractivity contribution in [3.63, 3.8) is 0 Å². The Hall–Kier alpha value is -0.290. The van der Waals surface area contributed by atoms with E-state index in [1.54, 1.807) is 0 Å². The fourth-order valence-corrected chi connectivity index (χ4v) is 3.67. The molecule has 0 amide bonds. The maximum absolute atomic E-state index is 13.0. The minimum Gasteiger partial charge on any atom is -0.393 e. The lowest BCUT2D eigenvalue weighted by Crippen LogP contribution is -2.39. The van der Waals surface area contributed by atoms with E-state index in [1.165, 1.54) is 0 Å². The number of alkyl halides is 3. The van der Waals surface area contributed by atoms with Crippen LogP contribution in [-0.4, -0.2) is 30.1 Å². The Bertz CT molecular complexity index is 287. The van der Waals surface area contributed by atoms with E-state index in [9.17, 15) is 18.3 Å². The molecule has 2 rings (SSSR count). The summed E-state index contributed by atoms with van der Waals surface area (Å²) in [6.45, 7) is 0.798. The molecule has 1 saturated carbocycles. The van der Waals surface area contributed by atoms with Crippen LogP contribution in [0.5, 0.6) is 0 Å². The summed E-state index contributed by atoms with van der Waals surface area (Å²) in [7, 11) is 0. The van der Waals surface area contributed by atoms with Gasteiger partial charge in [-0.15, -0.1) is 0 Å². The van der Waals surface area contributed by atoms with E-state index in [0.29, 0.717) is 19.3 Å². The predicted octanol–water partition coefficient (Wildman–Crippen LogP) is 4.07. The maximum atomic E-state index is 13.0. The highest BCUT2D eigenvalue weighted by Crippen LogP contribution is 2.43. The number of ether oxygens (including phenoxy) is 1. The molecule has 1 aliphatic carbocycles. The van der Waals surface area contributed by atoms with Crippen LogP contribution in [0.3, 0.4) is 0 Å². The van der Waals surface area contributed by atoms with Crippen molar-refractivity contribution in [1.82, 2.24) is 0 Å². The zero-order valence-corrected chi connectivity index (χ0v) is 11.9. The van der Waals surface area contributed by atoms with Gasteiger partial charge in [0.2, 0.25) is 0 Å². The molecule has 1 N–H and O–H groups in total. The summed E-state index contributed by atoms with van der Waals surface area (Å²) in [6, 6.07) is 0. The average molecular weight is 294 g/mol. The van der Waals surface area contributed by atoms with E-state index >= 15 is 0 Å². The Morgan fingerprint density at radius 2 is 1.85 bits per heavy atom. The van der Waals surface area contributed by atoms with Crippen molar-refractivity contribution in [2.24, 2.45) is 11.8 Å². The second kappa shape index (κ2) is 7.12. The van der Waals surface area contributed by atoms with Gasteiger partial charge in [0, 0.05) is 6.61 Å². The first-order chi connectivity index (χ1) is 9.48. The van der Waals surface area contributed by atoms with Gasteiger partial charge in [-0.2, -0.15) is 13.2 Å². The van der Waals surface area contributed by atoms with Gasteiger partial charge in [0.1, 0.15) is 0 Å². The third-order valence-electron chi connectivity index (χ3n) is 4.78. The van der Waals surface area contributed by atoms with Crippen LogP contribution in [0.4, 0.5) is 13.2 Å². The number of hydrogen-bond acceptors (Lipinski definition) is 2. The van der Waals surface area contributed by atoms with Crippen LogP contribution in [-0.2, 0) is 4.74 Å². The van der Waals surface area contributed by atoms with Gasteiger partial charge >= 0.3 is 6.18 Å². The first kappa shape index (κ1) is 16.1. The fourth-order valence-electron chi connectivity index (χ4n) is 3.67. The van der Waals surface area contributed by atoms with Crippen molar-refractivity contribution in [2.75, 3.05) is 6.61 Å². The van der Waals surface area contributed by atoms with E-state index in [0.717, 1.165) is 38.7 Å². The SMILES string of the molecule is OC(CCCC1CCCO1)C1CCCCC1C(F)(F)F. The van der Waals surface area contributed by atoms with Crippen LogP contribution in [0.1, 0.15) is 57.8 Å². The molecule has 1 heterocycles. The van der Waals surface area contributed by atoms with Crippen molar-refractivity contribution in [1.29, 1.82) is 0 Å². The second-order valence-electron chi connectivity index (χ2n) is 6.23. The van der Waals surface area contributed by atoms with Crippen molar-refractivity contribution in [3.05, 3.63) is 0 Å². The molecule has 2 aliphatic rings. The molecule has 5 heteroatoms. The molecule has 0 aromatic carbocycles. The van der Waals surface area contributed by atoms with Gasteiger partial charge in [0.25, 0.3) is 0 Å². The van der Waals surface area contributed by atoms with Crippen molar-refractivity contribution < 1.29 is 23.0 Å². The Morgan fingerprint density at radius 1 is 1.10 bits per heavy atom. The lowest BCUT2D eigenvalue weighted by Gasteiger charge is -2.36. The van der Waals surface area contributed by atoms with Crippen LogP contribution < -0.4 is 0 Å². The summed E-state index contributed by atoms with van der Waals surface area (Å²) >= 11 is 0. The number of aliphatic hydroxyl groups excluding tert-OH is 1. The van der Waals surface area contributed by atoms with Crippen molar-refractivity contribution in [3.8, 4) is 0 Å². The van der Waals surface area contributed by atoms with Crippen molar-refractivity contribution in [2.45, 2.75) is 76.2 Å². The summed E-state index contributed by atoms with van der Waals surface area (Å²) in [5.74, 6) is -1.91. The molecule has 2 nitrogen and oxygen atoms in total. The number of hydrogen-bond donors (Lipinski definition) is 1. The third kappa shape index (κ3) is 4.35. The van der Waals surface area contributed by atoms with Gasteiger partial charge < -0.3 is 9.84 Å². The molecule has 0 aromatic rings. The summed E-state index contributed by atoms with van der Waals surface area (Å²) < 4.78 is 44.5. The molecule has 0 bridgehead atoms. The molecule has 118 valence electrons. The molecule has 4 atom stereocenters. The molecule has 4 unspecified atom stereocenters. The van der Waals surface area contributed by atoms with Gasteiger partial charge in [0.05, 0.1) is 18.1 Å². The van der Waals surface area contributed by atoms with Crippen molar-refractivity contribution >= 4 is 0 Å². The predicted molar refractivity (Wildman–Crippen MR) is 70.3 cm³/mol. The molecule has 0 aromatic heterocycles. The number of aliphatic hydroxyl groups is 1. The topological polar surface area (TPSA) is 29.5 Å². The smallest absolute Gasteiger partial charge is 0.392 e. The monoisotopic (exact) mass is 294 g/mol. The molecule has 1 saturated heterocycles. The van der Waals surface area contributed by atoms with E-state index < -0.39 is 24.1 Å². The van der Waals surface area contributed by atoms with E-state index in [-0.39, 0.29) is 12.5 Å². The molecule has 2 fully saturated rings. The maximum Gasteiger partial charge on any atom is 0.392 e. The highest BCUT2D eigenvalue weighted by molar-refractivity contribution is 4.85. The highest BCUT2D eigenvalue weighted by Gasteiger charge is 2.47. The van der Waals surface area contributed by atoms with Crippen LogP contribution in [0.15, 0.2) is 0 Å². The molecular weight excluding hydrogens is 269 g/mol. The molecule has 0 spiro atoms. The van der Waals surface area contributed by atoms with Gasteiger partial charge in [0.15, 0.2) is 0 Å². The van der Waals surface area contributed by atoms with Crippen LogP contribution in [0, 0.1) is 11.8 Å². The van der Waals surface area contributed by atoms with E-state index in [1.807, 2.05) is 0 Å². The van der Waals surface area contributed by atoms with Gasteiger partial charge in [-0.25, -0.2) is 0 Å². The van der Waals surface area contributed by atoms with Crippen LogP contribution >= 0.6 is 0 Å². The van der Waals surface area contributed by atoms with Gasteiger partial charge in [-0.05, 0) is 50.9 Å². The first-order valence-electron chi connectivity index (χ1n) is 7.85. The van der Waals surface area contributed by atoms with E-state index in [2.05, 4.69) is 0 Å². The van der Waals surface area contributed by atoms with Crippen LogP contribution in [0.25, 0.3) is 0 Å². The lowest BCUT2D eigenvalue weighted by molar-refractivity contribution is -0.207. The van der Waals surface area contributed by atoms with Crippen LogP contribution in [0.2, 0.25) is 0 Å². The number of rotatable bonds is 5. The molecule has 1 aliphatic heterocycles. The van der Waals surface area contributed by atoms with E-state index in [4.69, 9.17) is 4.74 Å². The lowest BCUT2D eigenvalue weighted by atomic mass is 9.74. The summed E-state index contributed by atoms with van der Waals surface area (Å²) in [6.07, 6.45) is 1.60. The standard InChI is InChI=1S/C15H25F3O2/c16-15(17,18)13-8-2-1-7-12(13)14(19)9-3-5-11-6-4-10-20-11/h11-14,19H,1-10H2. The summed E-state index contributed by atoms with van der Waals surface area (Å²) in [5, 5.41) is 10.1. The van der Waals surface area contributed by atoms with Gasteiger partial charge in [-0.3, -0.25) is 0 Å². The Kier molecular flexibility index (Phi) is 5.73.